The maximum atomic E-state index is 12.4. The largest absolute Gasteiger partial charge is 0.371 e. The molecule has 1 aromatic carbocycles. The van der Waals surface area contributed by atoms with Crippen LogP contribution in [0.15, 0.2) is 24.3 Å². The minimum Gasteiger partial charge on any atom is -0.371 e. The molecule has 1 saturated carbocycles. The normalized spacial score (nSPS) is 25.3. The molecular formula is C17H25N3O. The second kappa shape index (κ2) is 6.48. The molecule has 0 aromatic heterocycles. The van der Waals surface area contributed by atoms with Crippen LogP contribution in [0, 0.1) is 11.8 Å². The number of amides is 1. The first-order valence-electron chi connectivity index (χ1n) is 8.14. The molecule has 1 aliphatic heterocycles. The lowest BCUT2D eigenvalue weighted by Gasteiger charge is -2.20. The van der Waals surface area contributed by atoms with Crippen LogP contribution in [0.5, 0.6) is 0 Å². The highest BCUT2D eigenvalue weighted by Crippen LogP contribution is 2.32. The van der Waals surface area contributed by atoms with Crippen LogP contribution < -0.4 is 16.0 Å². The molecule has 1 aliphatic carbocycles. The lowest BCUT2D eigenvalue weighted by molar-refractivity contribution is -0.120. The Bertz CT molecular complexity index is 497. The molecule has 0 bridgehead atoms. The number of nitrogens with one attached hydrogen (secondary N) is 1. The van der Waals surface area contributed by atoms with E-state index in [0.717, 1.165) is 38.0 Å². The fraction of sp³-hybridized carbons (Fsp3) is 0.588. The summed E-state index contributed by atoms with van der Waals surface area (Å²) in [7, 11) is 0. The Hall–Kier alpha value is -1.55. The average molecular weight is 287 g/mol. The number of anilines is 2. The van der Waals surface area contributed by atoms with Gasteiger partial charge in [-0.05, 0) is 56.3 Å². The van der Waals surface area contributed by atoms with Crippen molar-refractivity contribution < 1.29 is 4.79 Å². The Balaban J connectivity index is 1.67. The van der Waals surface area contributed by atoms with Crippen molar-refractivity contribution in [2.24, 2.45) is 17.6 Å². The van der Waals surface area contributed by atoms with Crippen molar-refractivity contribution in [2.75, 3.05) is 29.9 Å². The van der Waals surface area contributed by atoms with E-state index in [9.17, 15) is 4.79 Å². The first kappa shape index (κ1) is 14.4. The van der Waals surface area contributed by atoms with E-state index in [-0.39, 0.29) is 11.8 Å². The molecule has 3 N–H and O–H groups in total. The molecule has 0 radical (unpaired) electrons. The Labute approximate surface area is 126 Å². The van der Waals surface area contributed by atoms with Gasteiger partial charge in [-0.25, -0.2) is 0 Å². The van der Waals surface area contributed by atoms with E-state index in [4.69, 9.17) is 5.73 Å². The fourth-order valence-corrected chi connectivity index (χ4v) is 3.65. The van der Waals surface area contributed by atoms with Crippen LogP contribution in [0.2, 0.25) is 0 Å². The summed E-state index contributed by atoms with van der Waals surface area (Å²) in [5.74, 6) is 0.582. The van der Waals surface area contributed by atoms with Crippen LogP contribution in [0.25, 0.3) is 0 Å². The van der Waals surface area contributed by atoms with E-state index in [0.29, 0.717) is 12.5 Å². The van der Waals surface area contributed by atoms with Crippen molar-refractivity contribution in [2.45, 2.75) is 32.1 Å². The van der Waals surface area contributed by atoms with Gasteiger partial charge >= 0.3 is 0 Å². The van der Waals surface area contributed by atoms with Gasteiger partial charge in [0, 0.05) is 30.4 Å². The number of nitrogens with zero attached hydrogens (tertiary/aromatic N) is 1. The summed E-state index contributed by atoms with van der Waals surface area (Å²) in [6.45, 7) is 2.86. The van der Waals surface area contributed by atoms with Crippen LogP contribution in [-0.2, 0) is 4.79 Å². The maximum Gasteiger partial charge on any atom is 0.227 e. The van der Waals surface area contributed by atoms with Crippen molar-refractivity contribution in [3.8, 4) is 0 Å². The van der Waals surface area contributed by atoms with Gasteiger partial charge in [-0.15, -0.1) is 0 Å². The van der Waals surface area contributed by atoms with E-state index in [1.165, 1.54) is 18.5 Å². The first-order chi connectivity index (χ1) is 10.3. The van der Waals surface area contributed by atoms with Gasteiger partial charge in [-0.2, -0.15) is 0 Å². The number of nitrogens with two attached hydrogens (primary N) is 1. The second-order valence-electron chi connectivity index (χ2n) is 6.27. The number of rotatable bonds is 4. The van der Waals surface area contributed by atoms with Gasteiger partial charge in [0.1, 0.15) is 0 Å². The van der Waals surface area contributed by atoms with E-state index in [1.807, 2.05) is 12.1 Å². The standard InChI is InChI=1S/C17H25N3O/c18-12-13-5-3-8-16(13)17(21)19-14-6-4-7-15(11-14)20-9-1-2-10-20/h4,6-7,11,13,16H,1-3,5,8-10,12,18H2,(H,19,21). The van der Waals surface area contributed by atoms with Crippen LogP contribution in [0.4, 0.5) is 11.4 Å². The SMILES string of the molecule is NCC1CCCC1C(=O)Nc1cccc(N2CCCC2)c1. The highest BCUT2D eigenvalue weighted by molar-refractivity contribution is 5.93. The smallest absolute Gasteiger partial charge is 0.227 e. The van der Waals surface area contributed by atoms with Gasteiger partial charge < -0.3 is 16.0 Å². The van der Waals surface area contributed by atoms with Gasteiger partial charge in [-0.1, -0.05) is 12.5 Å². The summed E-state index contributed by atoms with van der Waals surface area (Å²) in [6.07, 6.45) is 5.70. The molecule has 2 atom stereocenters. The average Bonchev–Trinajstić information content (AvgIpc) is 3.18. The summed E-state index contributed by atoms with van der Waals surface area (Å²) in [4.78, 5) is 14.8. The van der Waals surface area contributed by atoms with E-state index >= 15 is 0 Å². The van der Waals surface area contributed by atoms with Crippen molar-refractivity contribution >= 4 is 17.3 Å². The monoisotopic (exact) mass is 287 g/mol. The second-order valence-corrected chi connectivity index (χ2v) is 6.27. The lowest BCUT2D eigenvalue weighted by Crippen LogP contribution is -2.29. The highest BCUT2D eigenvalue weighted by Gasteiger charge is 2.31. The van der Waals surface area contributed by atoms with Gasteiger partial charge in [0.05, 0.1) is 0 Å². The van der Waals surface area contributed by atoms with Crippen molar-refractivity contribution in [1.82, 2.24) is 0 Å². The Morgan fingerprint density at radius 1 is 1.24 bits per heavy atom. The molecule has 4 nitrogen and oxygen atoms in total. The number of hydrogen-bond donors (Lipinski definition) is 2. The predicted molar refractivity (Wildman–Crippen MR) is 86.4 cm³/mol. The van der Waals surface area contributed by atoms with Gasteiger partial charge in [-0.3, -0.25) is 4.79 Å². The Kier molecular flexibility index (Phi) is 4.44. The Morgan fingerprint density at radius 2 is 2.05 bits per heavy atom. The Morgan fingerprint density at radius 3 is 2.81 bits per heavy atom. The number of hydrogen-bond acceptors (Lipinski definition) is 3. The third kappa shape index (κ3) is 3.21. The lowest BCUT2D eigenvalue weighted by atomic mass is 9.95. The van der Waals surface area contributed by atoms with Crippen LogP contribution >= 0.6 is 0 Å². The van der Waals surface area contributed by atoms with E-state index in [2.05, 4.69) is 22.3 Å². The zero-order valence-electron chi connectivity index (χ0n) is 12.6. The van der Waals surface area contributed by atoms with E-state index < -0.39 is 0 Å². The summed E-state index contributed by atoms with van der Waals surface area (Å²) < 4.78 is 0. The third-order valence-corrected chi connectivity index (χ3v) is 4.88. The van der Waals surface area contributed by atoms with Crippen molar-refractivity contribution in [3.05, 3.63) is 24.3 Å². The molecule has 114 valence electrons. The molecule has 2 aliphatic rings. The van der Waals surface area contributed by atoms with Crippen LogP contribution in [-0.4, -0.2) is 25.5 Å². The van der Waals surface area contributed by atoms with Gasteiger partial charge in [0.25, 0.3) is 0 Å². The molecule has 1 saturated heterocycles. The topological polar surface area (TPSA) is 58.4 Å². The number of benzene rings is 1. The molecule has 1 heterocycles. The van der Waals surface area contributed by atoms with Gasteiger partial charge in [0.15, 0.2) is 0 Å². The first-order valence-corrected chi connectivity index (χ1v) is 8.14. The molecule has 1 aromatic rings. The number of carbonyl (C=O) groups is 1. The summed E-state index contributed by atoms with van der Waals surface area (Å²) in [5.41, 5.74) is 7.90. The molecular weight excluding hydrogens is 262 g/mol. The van der Waals surface area contributed by atoms with E-state index in [1.54, 1.807) is 0 Å². The quantitative estimate of drug-likeness (QED) is 0.895. The molecule has 21 heavy (non-hydrogen) atoms. The number of carbonyl (C=O) groups excluding carboxylic acids is 1. The molecule has 2 fully saturated rings. The van der Waals surface area contributed by atoms with Gasteiger partial charge in [0.2, 0.25) is 5.91 Å². The maximum absolute atomic E-state index is 12.4. The minimum absolute atomic E-state index is 0.0884. The zero-order chi connectivity index (χ0) is 14.7. The molecule has 1 amide bonds. The van der Waals surface area contributed by atoms with Crippen molar-refractivity contribution in [1.29, 1.82) is 0 Å². The summed E-state index contributed by atoms with van der Waals surface area (Å²) in [5, 5.41) is 3.09. The highest BCUT2D eigenvalue weighted by atomic mass is 16.1. The summed E-state index contributed by atoms with van der Waals surface area (Å²) >= 11 is 0. The zero-order valence-corrected chi connectivity index (χ0v) is 12.6. The fourth-order valence-electron chi connectivity index (χ4n) is 3.65. The predicted octanol–water partition coefficient (Wildman–Crippen LogP) is 2.60. The molecule has 2 unspecified atom stereocenters. The third-order valence-electron chi connectivity index (χ3n) is 4.88. The molecule has 4 heteroatoms. The van der Waals surface area contributed by atoms with Crippen LogP contribution in [0.3, 0.4) is 0 Å². The molecule has 0 spiro atoms. The minimum atomic E-state index is 0.0884. The molecule has 3 rings (SSSR count). The summed E-state index contributed by atoms with van der Waals surface area (Å²) in [6, 6.07) is 8.22. The van der Waals surface area contributed by atoms with Crippen molar-refractivity contribution in [3.63, 3.8) is 0 Å². The van der Waals surface area contributed by atoms with Crippen LogP contribution in [0.1, 0.15) is 32.1 Å².